The first-order chi connectivity index (χ1) is 12.1. The molecule has 0 fully saturated rings. The maximum Gasteiger partial charge on any atom is 0.305 e. The maximum absolute atomic E-state index is 11.3. The molecule has 0 radical (unpaired) electrons. The number of esters is 1. The number of ether oxygens (including phenoxy) is 3. The number of benzene rings is 2. The maximum atomic E-state index is 11.3. The van der Waals surface area contributed by atoms with Crippen LogP contribution in [-0.2, 0) is 16.0 Å². The lowest BCUT2D eigenvalue weighted by Gasteiger charge is -2.08. The molecule has 0 aliphatic rings. The van der Waals surface area contributed by atoms with Crippen LogP contribution in [0, 0.1) is 0 Å². The number of carbonyl (C=O) groups excluding carboxylic acids is 1. The van der Waals surface area contributed by atoms with Crippen molar-refractivity contribution < 1.29 is 23.4 Å². The van der Waals surface area contributed by atoms with Gasteiger partial charge >= 0.3 is 5.97 Å². The molecule has 0 spiro atoms. The van der Waals surface area contributed by atoms with Gasteiger partial charge < -0.3 is 18.6 Å². The van der Waals surface area contributed by atoms with Crippen molar-refractivity contribution in [2.75, 3.05) is 21.3 Å². The highest BCUT2D eigenvalue weighted by Crippen LogP contribution is 2.36. The van der Waals surface area contributed by atoms with E-state index in [1.54, 1.807) is 14.2 Å². The molecule has 2 aromatic carbocycles. The van der Waals surface area contributed by atoms with Gasteiger partial charge in [-0.05, 0) is 42.3 Å². The molecule has 0 aliphatic heterocycles. The molecule has 3 rings (SSSR count). The summed E-state index contributed by atoms with van der Waals surface area (Å²) in [7, 11) is 4.63. The van der Waals surface area contributed by atoms with Crippen LogP contribution < -0.4 is 9.47 Å². The minimum Gasteiger partial charge on any atom is -0.497 e. The molecular formula is C20H20O5. The normalized spacial score (nSPS) is 10.7. The molecule has 5 nitrogen and oxygen atoms in total. The molecule has 0 aliphatic carbocycles. The van der Waals surface area contributed by atoms with Gasteiger partial charge in [-0.15, -0.1) is 0 Å². The molecule has 3 aromatic rings. The molecule has 0 atom stereocenters. The summed E-state index contributed by atoms with van der Waals surface area (Å²) in [5, 5.41) is 0.982. The van der Waals surface area contributed by atoms with Crippen LogP contribution in [0.4, 0.5) is 0 Å². The summed E-state index contributed by atoms with van der Waals surface area (Å²) in [5.41, 5.74) is 2.71. The van der Waals surface area contributed by atoms with E-state index in [4.69, 9.17) is 13.9 Å². The SMILES string of the molecule is COC(=O)CCc1ccc2oc(-c3ccc(OC)cc3OC)cc2c1. The van der Waals surface area contributed by atoms with Gasteiger partial charge in [0.05, 0.1) is 26.9 Å². The lowest BCUT2D eigenvalue weighted by molar-refractivity contribution is -0.140. The molecule has 0 N–H and O–H groups in total. The molecular weight excluding hydrogens is 320 g/mol. The summed E-state index contributed by atoms with van der Waals surface area (Å²) in [4.78, 5) is 11.3. The largest absolute Gasteiger partial charge is 0.497 e. The van der Waals surface area contributed by atoms with Crippen molar-refractivity contribution in [1.29, 1.82) is 0 Å². The van der Waals surface area contributed by atoms with Crippen LogP contribution in [0.15, 0.2) is 46.9 Å². The van der Waals surface area contributed by atoms with Gasteiger partial charge in [0.2, 0.25) is 0 Å². The zero-order valence-corrected chi connectivity index (χ0v) is 14.5. The molecule has 0 saturated carbocycles. The minimum atomic E-state index is -0.212. The molecule has 0 saturated heterocycles. The molecule has 5 heteroatoms. The summed E-state index contributed by atoms with van der Waals surface area (Å²) in [6, 6.07) is 13.5. The predicted octanol–water partition coefficient (Wildman–Crippen LogP) is 4.22. The van der Waals surface area contributed by atoms with Gasteiger partial charge in [0.25, 0.3) is 0 Å². The van der Waals surface area contributed by atoms with E-state index in [1.165, 1.54) is 7.11 Å². The Hall–Kier alpha value is -2.95. The van der Waals surface area contributed by atoms with Crippen molar-refractivity contribution in [1.82, 2.24) is 0 Å². The average Bonchev–Trinajstić information content (AvgIpc) is 3.08. The summed E-state index contributed by atoms with van der Waals surface area (Å²) in [6.07, 6.45) is 0.994. The van der Waals surface area contributed by atoms with Crippen LogP contribution in [0.1, 0.15) is 12.0 Å². The number of hydrogen-bond donors (Lipinski definition) is 0. The second-order valence-electron chi connectivity index (χ2n) is 5.63. The molecule has 130 valence electrons. The van der Waals surface area contributed by atoms with Gasteiger partial charge in [0.1, 0.15) is 22.8 Å². The standard InChI is InChI=1S/C20H20O5/c1-22-15-6-7-16(18(12-15)23-2)19-11-14-10-13(4-8-17(14)25-19)5-9-20(21)24-3/h4,6-8,10-12H,5,9H2,1-3H3. The average molecular weight is 340 g/mol. The van der Waals surface area contributed by atoms with Gasteiger partial charge in [-0.3, -0.25) is 4.79 Å². The minimum absolute atomic E-state index is 0.212. The summed E-state index contributed by atoms with van der Waals surface area (Å²) in [6.45, 7) is 0. The first-order valence-electron chi connectivity index (χ1n) is 7.96. The van der Waals surface area contributed by atoms with Crippen LogP contribution in [-0.4, -0.2) is 27.3 Å². The Morgan fingerprint density at radius 3 is 2.56 bits per heavy atom. The Balaban J connectivity index is 1.92. The van der Waals surface area contributed by atoms with Gasteiger partial charge in [-0.1, -0.05) is 6.07 Å². The third kappa shape index (κ3) is 3.60. The number of carbonyl (C=O) groups is 1. The highest BCUT2D eigenvalue weighted by atomic mass is 16.5. The van der Waals surface area contributed by atoms with Crippen LogP contribution in [0.3, 0.4) is 0 Å². The number of aryl methyl sites for hydroxylation is 1. The lowest BCUT2D eigenvalue weighted by Crippen LogP contribution is -2.01. The van der Waals surface area contributed by atoms with Crippen LogP contribution >= 0.6 is 0 Å². The van der Waals surface area contributed by atoms with E-state index in [0.717, 1.165) is 33.6 Å². The monoisotopic (exact) mass is 340 g/mol. The lowest BCUT2D eigenvalue weighted by atomic mass is 10.1. The van der Waals surface area contributed by atoms with Crippen molar-refractivity contribution in [3.8, 4) is 22.8 Å². The molecule has 0 unspecified atom stereocenters. The van der Waals surface area contributed by atoms with Gasteiger partial charge in [-0.2, -0.15) is 0 Å². The summed E-state index contributed by atoms with van der Waals surface area (Å²) >= 11 is 0. The second-order valence-corrected chi connectivity index (χ2v) is 5.63. The number of furan rings is 1. The molecule has 1 heterocycles. The van der Waals surface area contributed by atoms with Crippen molar-refractivity contribution in [3.05, 3.63) is 48.0 Å². The van der Waals surface area contributed by atoms with E-state index in [1.807, 2.05) is 42.5 Å². The first kappa shape index (κ1) is 16.9. The van der Waals surface area contributed by atoms with E-state index in [2.05, 4.69) is 4.74 Å². The third-order valence-electron chi connectivity index (χ3n) is 4.10. The molecule has 1 aromatic heterocycles. The second kappa shape index (κ2) is 7.30. The topological polar surface area (TPSA) is 57.9 Å². The fourth-order valence-corrected chi connectivity index (χ4v) is 2.73. The summed E-state index contributed by atoms with van der Waals surface area (Å²) < 4.78 is 21.3. The fourth-order valence-electron chi connectivity index (χ4n) is 2.73. The van der Waals surface area contributed by atoms with Crippen molar-refractivity contribution in [2.24, 2.45) is 0 Å². The van der Waals surface area contributed by atoms with E-state index in [9.17, 15) is 4.79 Å². The Labute approximate surface area is 146 Å². The highest BCUT2D eigenvalue weighted by molar-refractivity contribution is 5.85. The quantitative estimate of drug-likeness (QED) is 0.629. The highest BCUT2D eigenvalue weighted by Gasteiger charge is 2.13. The van der Waals surface area contributed by atoms with E-state index < -0.39 is 0 Å². The predicted molar refractivity (Wildman–Crippen MR) is 95.1 cm³/mol. The smallest absolute Gasteiger partial charge is 0.305 e. The Kier molecular flexibility index (Phi) is 4.93. The van der Waals surface area contributed by atoms with Crippen LogP contribution in [0.2, 0.25) is 0 Å². The fraction of sp³-hybridized carbons (Fsp3) is 0.250. The Morgan fingerprint density at radius 1 is 1.00 bits per heavy atom. The van der Waals surface area contributed by atoms with Crippen molar-refractivity contribution in [2.45, 2.75) is 12.8 Å². The zero-order valence-electron chi connectivity index (χ0n) is 14.5. The molecule has 25 heavy (non-hydrogen) atoms. The van der Waals surface area contributed by atoms with Gasteiger partial charge in [-0.25, -0.2) is 0 Å². The third-order valence-corrected chi connectivity index (χ3v) is 4.10. The molecule has 0 bridgehead atoms. The van der Waals surface area contributed by atoms with Gasteiger partial charge in [0.15, 0.2) is 0 Å². The number of rotatable bonds is 6. The van der Waals surface area contributed by atoms with Crippen molar-refractivity contribution in [3.63, 3.8) is 0 Å². The van der Waals surface area contributed by atoms with E-state index >= 15 is 0 Å². The summed E-state index contributed by atoms with van der Waals surface area (Å²) in [5.74, 6) is 1.92. The Morgan fingerprint density at radius 2 is 1.84 bits per heavy atom. The zero-order chi connectivity index (χ0) is 17.8. The van der Waals surface area contributed by atoms with Crippen LogP contribution in [0.5, 0.6) is 11.5 Å². The number of fused-ring (bicyclic) bond motifs is 1. The number of methoxy groups -OCH3 is 3. The first-order valence-corrected chi connectivity index (χ1v) is 7.96. The number of hydrogen-bond acceptors (Lipinski definition) is 5. The molecule has 0 amide bonds. The van der Waals surface area contributed by atoms with E-state index in [0.29, 0.717) is 18.6 Å². The van der Waals surface area contributed by atoms with E-state index in [-0.39, 0.29) is 5.97 Å². The Bertz CT molecular complexity index is 894. The van der Waals surface area contributed by atoms with Crippen LogP contribution in [0.25, 0.3) is 22.3 Å². The van der Waals surface area contributed by atoms with Crippen molar-refractivity contribution >= 4 is 16.9 Å². The van der Waals surface area contributed by atoms with Gasteiger partial charge in [0, 0.05) is 17.9 Å².